The van der Waals surface area contributed by atoms with Gasteiger partial charge in [-0.15, -0.1) is 0 Å². The van der Waals surface area contributed by atoms with Gasteiger partial charge in [0, 0.05) is 6.07 Å². The largest absolute Gasteiger partial charge is 0.281 e. The Balaban J connectivity index is 2.95. The minimum atomic E-state index is -0.800. The molecule has 13 heavy (non-hydrogen) atoms. The summed E-state index contributed by atoms with van der Waals surface area (Å²) >= 11 is 1.00. The molecule has 0 aromatic heterocycles. The first kappa shape index (κ1) is 10.2. The summed E-state index contributed by atoms with van der Waals surface area (Å²) in [5.41, 5.74) is -0.0618. The molecule has 0 aliphatic heterocycles. The highest BCUT2D eigenvalue weighted by Crippen LogP contribution is 2.16. The molecule has 0 spiro atoms. The number of thioether (sulfide) groups is 1. The fourth-order valence-electron chi connectivity index (χ4n) is 0.864. The fraction of sp³-hybridized carbons (Fsp3) is 0.222. The second kappa shape index (κ2) is 4.37. The van der Waals surface area contributed by atoms with Crippen molar-refractivity contribution in [2.75, 3.05) is 5.75 Å². The molecule has 70 valence electrons. The Labute approximate surface area is 79.1 Å². The molecule has 1 rings (SSSR count). The first-order valence-electron chi connectivity index (χ1n) is 3.77. The number of halogens is 2. The van der Waals surface area contributed by atoms with E-state index in [1.54, 1.807) is 6.92 Å². The van der Waals surface area contributed by atoms with Crippen LogP contribution in [0, 0.1) is 11.6 Å². The van der Waals surface area contributed by atoms with E-state index in [2.05, 4.69) is 0 Å². The van der Waals surface area contributed by atoms with Crippen LogP contribution < -0.4 is 0 Å². The fourth-order valence-corrected chi connectivity index (χ4v) is 1.45. The maximum Gasteiger partial charge on any atom is 0.222 e. The Morgan fingerprint density at radius 1 is 1.46 bits per heavy atom. The Hall–Kier alpha value is -0.900. The zero-order valence-electron chi connectivity index (χ0n) is 7.01. The first-order chi connectivity index (χ1) is 6.15. The second-order valence-corrected chi connectivity index (χ2v) is 3.58. The van der Waals surface area contributed by atoms with Crippen LogP contribution in [0.5, 0.6) is 0 Å². The highest BCUT2D eigenvalue weighted by Gasteiger charge is 2.11. The lowest BCUT2D eigenvalue weighted by atomic mass is 10.2. The summed E-state index contributed by atoms with van der Waals surface area (Å²) in [6.45, 7) is 1.80. The summed E-state index contributed by atoms with van der Waals surface area (Å²) in [6, 6.07) is 2.95. The number of carbonyl (C=O) groups excluding carboxylic acids is 1. The lowest BCUT2D eigenvalue weighted by molar-refractivity contribution is 0.108. The van der Waals surface area contributed by atoms with Gasteiger partial charge in [0.15, 0.2) is 0 Å². The Bertz CT molecular complexity index is 325. The van der Waals surface area contributed by atoms with Gasteiger partial charge in [0.25, 0.3) is 0 Å². The van der Waals surface area contributed by atoms with Crippen LogP contribution in [-0.4, -0.2) is 10.9 Å². The van der Waals surface area contributed by atoms with Crippen molar-refractivity contribution in [1.29, 1.82) is 0 Å². The van der Waals surface area contributed by atoms with Gasteiger partial charge in [-0.2, -0.15) is 0 Å². The van der Waals surface area contributed by atoms with Crippen molar-refractivity contribution in [1.82, 2.24) is 0 Å². The van der Waals surface area contributed by atoms with Crippen LogP contribution >= 0.6 is 11.8 Å². The normalized spacial score (nSPS) is 10.1. The van der Waals surface area contributed by atoms with Gasteiger partial charge in [-0.3, -0.25) is 4.79 Å². The third-order valence-electron chi connectivity index (χ3n) is 1.43. The van der Waals surface area contributed by atoms with Gasteiger partial charge in [0.2, 0.25) is 5.12 Å². The van der Waals surface area contributed by atoms with Crippen LogP contribution in [0.25, 0.3) is 0 Å². The molecule has 1 aromatic rings. The summed E-state index contributed by atoms with van der Waals surface area (Å²) in [5, 5.41) is -0.361. The molecule has 1 nitrogen and oxygen atoms in total. The Kier molecular flexibility index (Phi) is 3.42. The summed E-state index contributed by atoms with van der Waals surface area (Å²) in [5.74, 6) is -0.892. The average molecular weight is 202 g/mol. The minimum absolute atomic E-state index is 0.0618. The van der Waals surface area contributed by atoms with Gasteiger partial charge in [-0.25, -0.2) is 8.78 Å². The highest BCUT2D eigenvalue weighted by molar-refractivity contribution is 8.14. The van der Waals surface area contributed by atoms with E-state index in [1.165, 1.54) is 0 Å². The smallest absolute Gasteiger partial charge is 0.222 e. The molecule has 0 amide bonds. The summed E-state index contributed by atoms with van der Waals surface area (Å²) in [6.07, 6.45) is 0. The van der Waals surface area contributed by atoms with Gasteiger partial charge in [0.05, 0.1) is 5.56 Å². The molecule has 4 heteroatoms. The predicted octanol–water partition coefficient (Wildman–Crippen LogP) is 2.86. The van der Waals surface area contributed by atoms with Gasteiger partial charge >= 0.3 is 0 Å². The van der Waals surface area contributed by atoms with Crippen LogP contribution in [0.15, 0.2) is 18.2 Å². The van der Waals surface area contributed by atoms with Gasteiger partial charge < -0.3 is 0 Å². The van der Waals surface area contributed by atoms with Crippen molar-refractivity contribution in [2.45, 2.75) is 6.92 Å². The van der Waals surface area contributed by atoms with E-state index in [9.17, 15) is 13.6 Å². The van der Waals surface area contributed by atoms with Crippen LogP contribution in [0.3, 0.4) is 0 Å². The quantitative estimate of drug-likeness (QED) is 0.733. The molecule has 0 N–H and O–H groups in total. The number of carbonyl (C=O) groups is 1. The summed E-state index contributed by atoms with van der Waals surface area (Å²) in [4.78, 5) is 11.2. The van der Waals surface area contributed by atoms with E-state index in [0.717, 1.165) is 23.9 Å². The third-order valence-corrected chi connectivity index (χ3v) is 2.20. The molecule has 0 atom stereocenters. The highest BCUT2D eigenvalue weighted by atomic mass is 32.2. The maximum atomic E-state index is 13.0. The standard InChI is InChI=1S/C9H8F2OS/c1-2-13-9(12)7-4-3-6(10)5-8(7)11/h3-5H,2H2,1H3. The predicted molar refractivity (Wildman–Crippen MR) is 48.8 cm³/mol. The molecule has 0 bridgehead atoms. The lowest BCUT2D eigenvalue weighted by Crippen LogP contribution is -1.98. The molecule has 0 saturated heterocycles. The second-order valence-electron chi connectivity index (χ2n) is 2.34. The average Bonchev–Trinajstić information content (AvgIpc) is 2.04. The van der Waals surface area contributed by atoms with Crippen LogP contribution in [0.2, 0.25) is 0 Å². The van der Waals surface area contributed by atoms with Crippen molar-refractivity contribution in [3.63, 3.8) is 0 Å². The number of benzene rings is 1. The summed E-state index contributed by atoms with van der Waals surface area (Å²) in [7, 11) is 0. The molecule has 0 aliphatic carbocycles. The number of hydrogen-bond donors (Lipinski definition) is 0. The van der Waals surface area contributed by atoms with E-state index in [0.29, 0.717) is 11.8 Å². The van der Waals surface area contributed by atoms with Gasteiger partial charge in [0.1, 0.15) is 11.6 Å². The molecule has 0 saturated carbocycles. The SMILES string of the molecule is CCSC(=O)c1ccc(F)cc1F. The molecule has 0 heterocycles. The first-order valence-corrected chi connectivity index (χ1v) is 4.76. The van der Waals surface area contributed by atoms with Gasteiger partial charge in [-0.1, -0.05) is 18.7 Å². The molecule has 0 unspecified atom stereocenters. The molecule has 0 radical (unpaired) electrons. The third kappa shape index (κ3) is 2.52. The van der Waals surface area contributed by atoms with Crippen molar-refractivity contribution in [3.8, 4) is 0 Å². The van der Waals surface area contributed by atoms with E-state index >= 15 is 0 Å². The number of rotatable bonds is 2. The molecular formula is C9H8F2OS. The van der Waals surface area contributed by atoms with Crippen LogP contribution in [0.1, 0.15) is 17.3 Å². The lowest BCUT2D eigenvalue weighted by Gasteiger charge is -1.99. The topological polar surface area (TPSA) is 17.1 Å². The van der Waals surface area contributed by atoms with Crippen molar-refractivity contribution < 1.29 is 13.6 Å². The molecule has 0 aliphatic rings. The number of hydrogen-bond acceptors (Lipinski definition) is 2. The van der Waals surface area contributed by atoms with Crippen LogP contribution in [0.4, 0.5) is 8.78 Å². The molecule has 0 fully saturated rings. The van der Waals surface area contributed by atoms with E-state index in [4.69, 9.17) is 0 Å². The van der Waals surface area contributed by atoms with Crippen LogP contribution in [-0.2, 0) is 0 Å². The van der Waals surface area contributed by atoms with Gasteiger partial charge in [-0.05, 0) is 17.9 Å². The van der Waals surface area contributed by atoms with Crippen molar-refractivity contribution in [3.05, 3.63) is 35.4 Å². The molecule has 1 aromatic carbocycles. The summed E-state index contributed by atoms with van der Waals surface area (Å²) < 4.78 is 25.4. The van der Waals surface area contributed by atoms with Crippen molar-refractivity contribution in [2.24, 2.45) is 0 Å². The maximum absolute atomic E-state index is 13.0. The van der Waals surface area contributed by atoms with Crippen molar-refractivity contribution >= 4 is 16.9 Å². The van der Waals surface area contributed by atoms with E-state index < -0.39 is 11.6 Å². The Morgan fingerprint density at radius 2 is 2.15 bits per heavy atom. The zero-order chi connectivity index (χ0) is 9.84. The minimum Gasteiger partial charge on any atom is -0.281 e. The zero-order valence-corrected chi connectivity index (χ0v) is 7.83. The van der Waals surface area contributed by atoms with E-state index in [-0.39, 0.29) is 10.7 Å². The monoisotopic (exact) mass is 202 g/mol. The molecular weight excluding hydrogens is 194 g/mol. The van der Waals surface area contributed by atoms with E-state index in [1.807, 2.05) is 0 Å². The Morgan fingerprint density at radius 3 is 2.69 bits per heavy atom.